The van der Waals surface area contributed by atoms with Crippen molar-refractivity contribution in [3.05, 3.63) is 0 Å². The van der Waals surface area contributed by atoms with E-state index in [-0.39, 0.29) is 5.95 Å². The van der Waals surface area contributed by atoms with Crippen molar-refractivity contribution in [3.63, 3.8) is 0 Å². The lowest BCUT2D eigenvalue weighted by Crippen LogP contribution is -1.92. The predicted molar refractivity (Wildman–Crippen MR) is 23.5 cm³/mol. The molecule has 0 atom stereocenters. The Morgan fingerprint density at radius 1 is 1.71 bits per heavy atom. The van der Waals surface area contributed by atoms with E-state index in [0.717, 1.165) is 4.20 Å². The highest BCUT2D eigenvalue weighted by Crippen LogP contribution is 1.90. The van der Waals surface area contributed by atoms with Gasteiger partial charge in [-0.2, -0.15) is 0 Å². The maximum Gasteiger partial charge on any atom is 0.256 e. The summed E-state index contributed by atoms with van der Waals surface area (Å²) in [6.45, 7) is 0. The SMILES string of the molecule is Nc1nnnn1Cl. The number of tetrazole rings is 1. The third-order valence-electron chi connectivity index (χ3n) is 0.455. The summed E-state index contributed by atoms with van der Waals surface area (Å²) in [7, 11) is 0. The molecule has 0 bridgehead atoms. The number of nitrogens with two attached hydrogens (primary N) is 1. The number of halogens is 1. The molecule has 0 radical (unpaired) electrons. The smallest absolute Gasteiger partial charge is 0.256 e. The van der Waals surface area contributed by atoms with Gasteiger partial charge in [-0.3, -0.25) is 0 Å². The number of aromatic nitrogens is 4. The van der Waals surface area contributed by atoms with Crippen LogP contribution in [0.25, 0.3) is 0 Å². The van der Waals surface area contributed by atoms with Gasteiger partial charge in [-0.25, -0.2) is 0 Å². The summed E-state index contributed by atoms with van der Waals surface area (Å²) < 4.78 is 0.861. The van der Waals surface area contributed by atoms with Gasteiger partial charge in [0, 0.05) is 11.8 Å². The number of rotatable bonds is 0. The second kappa shape index (κ2) is 1.34. The fourth-order valence-corrected chi connectivity index (χ4v) is 0.248. The molecule has 0 aliphatic heterocycles. The van der Waals surface area contributed by atoms with E-state index in [1.807, 2.05) is 0 Å². The predicted octanol–water partition coefficient (Wildman–Crippen LogP) is -0.743. The van der Waals surface area contributed by atoms with Crippen LogP contribution in [0.3, 0.4) is 0 Å². The van der Waals surface area contributed by atoms with Crippen LogP contribution in [0.1, 0.15) is 0 Å². The number of anilines is 1. The quantitative estimate of drug-likeness (QED) is 0.488. The standard InChI is InChI=1S/CH2ClN5/c2-7-1(3)4-5-6-7/h(H2,3,4,6). The molecular weight excluding hydrogens is 117 g/mol. The Labute approximate surface area is 44.2 Å². The minimum atomic E-state index is 0.0988. The maximum absolute atomic E-state index is 5.18. The molecule has 0 aromatic carbocycles. The number of hydrogen-bond acceptors (Lipinski definition) is 4. The average Bonchev–Trinajstić information content (AvgIpc) is 1.91. The van der Waals surface area contributed by atoms with Crippen LogP contribution in [0.4, 0.5) is 5.95 Å². The van der Waals surface area contributed by atoms with Crippen molar-refractivity contribution in [2.24, 2.45) is 0 Å². The van der Waals surface area contributed by atoms with Crippen molar-refractivity contribution in [2.45, 2.75) is 0 Å². The lowest BCUT2D eigenvalue weighted by molar-refractivity contribution is 0.846. The number of nitrogen functional groups attached to an aromatic ring is 1. The van der Waals surface area contributed by atoms with Gasteiger partial charge in [0.2, 0.25) is 0 Å². The van der Waals surface area contributed by atoms with Gasteiger partial charge in [-0.05, 0) is 10.4 Å². The summed E-state index contributed by atoms with van der Waals surface area (Å²) in [5.41, 5.74) is 5.03. The molecule has 0 saturated heterocycles. The molecule has 0 spiro atoms. The highest BCUT2D eigenvalue weighted by molar-refractivity contribution is 6.15. The normalized spacial score (nSPS) is 9.29. The average molecular weight is 120 g/mol. The molecule has 1 aromatic rings. The van der Waals surface area contributed by atoms with Crippen LogP contribution in [0.5, 0.6) is 0 Å². The summed E-state index contributed by atoms with van der Waals surface area (Å²) in [4.78, 5) is 0. The number of nitrogens with zero attached hydrogens (tertiary/aromatic N) is 4. The van der Waals surface area contributed by atoms with Crippen molar-refractivity contribution in [1.29, 1.82) is 0 Å². The monoisotopic (exact) mass is 119 g/mol. The Balaban J connectivity index is 3.12. The fraction of sp³-hybridized carbons (Fsp3) is 0. The maximum atomic E-state index is 5.18. The van der Waals surface area contributed by atoms with Gasteiger partial charge < -0.3 is 5.73 Å². The second-order valence-corrected chi connectivity index (χ2v) is 1.22. The van der Waals surface area contributed by atoms with Gasteiger partial charge >= 0.3 is 0 Å². The third kappa shape index (κ3) is 0.614. The molecule has 1 heterocycles. The summed E-state index contributed by atoms with van der Waals surface area (Å²) in [5, 5.41) is 9.60. The van der Waals surface area contributed by atoms with E-state index in [1.54, 1.807) is 0 Å². The largest absolute Gasteiger partial charge is 0.366 e. The molecule has 5 nitrogen and oxygen atoms in total. The minimum Gasteiger partial charge on any atom is -0.366 e. The van der Waals surface area contributed by atoms with Crippen LogP contribution in [0, 0.1) is 0 Å². The molecule has 0 aliphatic carbocycles. The summed E-state index contributed by atoms with van der Waals surface area (Å²) >= 11 is 5.18. The van der Waals surface area contributed by atoms with Crippen LogP contribution < -0.4 is 5.73 Å². The molecule has 0 fully saturated rings. The van der Waals surface area contributed by atoms with Crippen molar-refractivity contribution in [2.75, 3.05) is 5.73 Å². The van der Waals surface area contributed by atoms with E-state index in [2.05, 4.69) is 15.5 Å². The van der Waals surface area contributed by atoms with Gasteiger partial charge in [0.05, 0.1) is 0 Å². The van der Waals surface area contributed by atoms with E-state index < -0.39 is 0 Å². The van der Waals surface area contributed by atoms with Crippen molar-refractivity contribution in [1.82, 2.24) is 19.7 Å². The van der Waals surface area contributed by atoms with E-state index in [0.29, 0.717) is 0 Å². The molecule has 1 aromatic heterocycles. The minimum absolute atomic E-state index is 0.0988. The first-order chi connectivity index (χ1) is 3.30. The molecule has 0 aliphatic rings. The van der Waals surface area contributed by atoms with E-state index in [4.69, 9.17) is 17.5 Å². The Morgan fingerprint density at radius 3 is 2.57 bits per heavy atom. The highest BCUT2D eigenvalue weighted by atomic mass is 35.5. The fourth-order valence-electron chi connectivity index (χ4n) is 0.184. The first-order valence-electron chi connectivity index (χ1n) is 1.50. The van der Waals surface area contributed by atoms with E-state index in [9.17, 15) is 0 Å². The molecule has 1 rings (SSSR count). The molecule has 0 amide bonds. The molecule has 38 valence electrons. The van der Waals surface area contributed by atoms with Crippen LogP contribution in [0.2, 0.25) is 0 Å². The molecule has 0 saturated carbocycles. The highest BCUT2D eigenvalue weighted by Gasteiger charge is 1.91. The van der Waals surface area contributed by atoms with E-state index in [1.165, 1.54) is 0 Å². The summed E-state index contributed by atoms with van der Waals surface area (Å²) in [5.74, 6) is 0.0988. The zero-order valence-corrected chi connectivity index (χ0v) is 4.00. The Hall–Kier alpha value is -0.840. The van der Waals surface area contributed by atoms with Crippen molar-refractivity contribution in [3.8, 4) is 0 Å². The van der Waals surface area contributed by atoms with Gasteiger partial charge in [0.15, 0.2) is 0 Å². The molecule has 7 heavy (non-hydrogen) atoms. The third-order valence-corrected chi connectivity index (χ3v) is 0.696. The zero-order valence-electron chi connectivity index (χ0n) is 3.24. The Kier molecular flexibility index (Phi) is 0.828. The van der Waals surface area contributed by atoms with Gasteiger partial charge in [0.1, 0.15) is 0 Å². The molecule has 0 unspecified atom stereocenters. The zero-order chi connectivity index (χ0) is 5.28. The number of hydrogen-bond donors (Lipinski definition) is 1. The molecule has 2 N–H and O–H groups in total. The summed E-state index contributed by atoms with van der Waals surface area (Å²) in [6, 6.07) is 0. The molecular formula is CH2ClN5. The van der Waals surface area contributed by atoms with E-state index >= 15 is 0 Å². The van der Waals surface area contributed by atoms with Gasteiger partial charge in [-0.1, -0.05) is 5.10 Å². The van der Waals surface area contributed by atoms with Crippen LogP contribution in [-0.4, -0.2) is 19.7 Å². The van der Waals surface area contributed by atoms with Crippen molar-refractivity contribution >= 4 is 17.7 Å². The van der Waals surface area contributed by atoms with Gasteiger partial charge in [0.25, 0.3) is 5.95 Å². The lowest BCUT2D eigenvalue weighted by Gasteiger charge is -1.77. The molecule has 6 heteroatoms. The van der Waals surface area contributed by atoms with Gasteiger partial charge in [-0.15, -0.1) is 4.20 Å². The second-order valence-electron chi connectivity index (χ2n) is 0.897. The topological polar surface area (TPSA) is 69.6 Å². The van der Waals surface area contributed by atoms with Crippen molar-refractivity contribution < 1.29 is 0 Å². The first kappa shape index (κ1) is 4.32. The Morgan fingerprint density at radius 2 is 2.43 bits per heavy atom. The Bertz CT molecular complexity index is 140. The van der Waals surface area contributed by atoms with Crippen LogP contribution in [0.15, 0.2) is 0 Å². The first-order valence-corrected chi connectivity index (χ1v) is 1.84. The summed E-state index contributed by atoms with van der Waals surface area (Å²) in [6.07, 6.45) is 0. The van der Waals surface area contributed by atoms with Crippen LogP contribution in [-0.2, 0) is 0 Å². The lowest BCUT2D eigenvalue weighted by atomic mass is 11.2. The van der Waals surface area contributed by atoms with Crippen LogP contribution >= 0.6 is 11.8 Å².